The van der Waals surface area contributed by atoms with Crippen molar-refractivity contribution in [2.24, 2.45) is 0 Å². The lowest BCUT2D eigenvalue weighted by molar-refractivity contribution is -0.134. The van der Waals surface area contributed by atoms with Crippen LogP contribution >= 0.6 is 0 Å². The minimum atomic E-state index is -0.296. The van der Waals surface area contributed by atoms with Gasteiger partial charge in [0.2, 0.25) is 0 Å². The molecule has 0 heterocycles. The molecule has 1 atom stereocenters. The number of carbonyl (C=O) groups excluding carboxylic acids is 2. The Morgan fingerprint density at radius 2 is 1.68 bits per heavy atom. The molecule has 0 radical (unpaired) electrons. The number of ether oxygens (including phenoxy) is 1. The molecule has 0 aliphatic carbocycles. The van der Waals surface area contributed by atoms with E-state index in [1.54, 1.807) is 31.2 Å². The number of nitrogens with one attached hydrogen (secondary N) is 1. The van der Waals surface area contributed by atoms with Gasteiger partial charge in [0.15, 0.2) is 0 Å². The van der Waals surface area contributed by atoms with E-state index >= 15 is 0 Å². The van der Waals surface area contributed by atoms with E-state index in [4.69, 9.17) is 4.74 Å². The molecule has 2 aromatic rings. The highest BCUT2D eigenvalue weighted by Crippen LogP contribution is 2.15. The number of hydrogen-bond acceptors (Lipinski definition) is 3. The highest BCUT2D eigenvalue weighted by Gasteiger charge is 2.11. The summed E-state index contributed by atoms with van der Waals surface area (Å²) in [4.78, 5) is 23.4. The van der Waals surface area contributed by atoms with Crippen LogP contribution in [0.3, 0.4) is 0 Å². The van der Waals surface area contributed by atoms with Gasteiger partial charge in [0.1, 0.15) is 5.75 Å². The first kappa shape index (κ1) is 15.8. The van der Waals surface area contributed by atoms with Gasteiger partial charge in [-0.05, 0) is 36.8 Å². The molecule has 0 bridgehead atoms. The monoisotopic (exact) mass is 297 g/mol. The molecule has 2 aromatic carbocycles. The van der Waals surface area contributed by atoms with Crippen LogP contribution in [-0.4, -0.2) is 11.9 Å². The zero-order valence-electron chi connectivity index (χ0n) is 12.7. The number of amides is 1. The number of esters is 1. The predicted octanol–water partition coefficient (Wildman–Crippen LogP) is 3.49. The maximum Gasteiger partial charge on any atom is 0.310 e. The lowest BCUT2D eigenvalue weighted by Gasteiger charge is -2.14. The summed E-state index contributed by atoms with van der Waals surface area (Å²) < 4.78 is 5.08. The summed E-state index contributed by atoms with van der Waals surface area (Å²) in [5, 5.41) is 2.94. The van der Waals surface area contributed by atoms with E-state index in [-0.39, 0.29) is 17.9 Å². The number of benzene rings is 2. The second kappa shape index (κ2) is 7.41. The molecule has 0 aromatic heterocycles. The van der Waals surface area contributed by atoms with Crippen LogP contribution in [0.5, 0.6) is 5.75 Å². The van der Waals surface area contributed by atoms with Gasteiger partial charge < -0.3 is 10.1 Å². The molecule has 2 rings (SSSR count). The van der Waals surface area contributed by atoms with E-state index in [0.29, 0.717) is 17.7 Å². The van der Waals surface area contributed by atoms with Crippen LogP contribution in [0.4, 0.5) is 0 Å². The summed E-state index contributed by atoms with van der Waals surface area (Å²) in [5.41, 5.74) is 1.57. The van der Waals surface area contributed by atoms with Gasteiger partial charge in [-0.1, -0.05) is 37.3 Å². The molecule has 0 saturated carbocycles. The van der Waals surface area contributed by atoms with E-state index in [0.717, 1.165) is 5.56 Å². The van der Waals surface area contributed by atoms with Crippen LogP contribution in [0.15, 0.2) is 54.6 Å². The third kappa shape index (κ3) is 4.19. The van der Waals surface area contributed by atoms with Gasteiger partial charge in [0, 0.05) is 12.0 Å². The van der Waals surface area contributed by atoms with Crippen LogP contribution < -0.4 is 10.1 Å². The van der Waals surface area contributed by atoms with Crippen molar-refractivity contribution in [3.05, 3.63) is 65.7 Å². The molecule has 4 heteroatoms. The Morgan fingerprint density at radius 1 is 1.05 bits per heavy atom. The normalized spacial score (nSPS) is 11.5. The Bertz CT molecular complexity index is 635. The van der Waals surface area contributed by atoms with Gasteiger partial charge in [-0.25, -0.2) is 0 Å². The van der Waals surface area contributed by atoms with Crippen LogP contribution in [0.1, 0.15) is 42.2 Å². The van der Waals surface area contributed by atoms with Gasteiger partial charge in [0.05, 0.1) is 6.04 Å². The van der Waals surface area contributed by atoms with Crippen molar-refractivity contribution in [3.8, 4) is 5.75 Å². The Balaban J connectivity index is 1.99. The van der Waals surface area contributed by atoms with Gasteiger partial charge in [-0.2, -0.15) is 0 Å². The fourth-order valence-electron chi connectivity index (χ4n) is 1.98. The Morgan fingerprint density at radius 3 is 2.27 bits per heavy atom. The Hall–Kier alpha value is -2.62. The predicted molar refractivity (Wildman–Crippen MR) is 84.7 cm³/mol. The molecule has 0 spiro atoms. The molecular formula is C18H19NO3. The lowest BCUT2D eigenvalue weighted by Crippen LogP contribution is -2.26. The number of hydrogen-bond donors (Lipinski definition) is 1. The zero-order valence-corrected chi connectivity index (χ0v) is 12.7. The molecule has 114 valence electrons. The highest BCUT2D eigenvalue weighted by atomic mass is 16.5. The summed E-state index contributed by atoms with van der Waals surface area (Å²) in [6.07, 6.45) is 0.316. The SMILES string of the molecule is CCC(=O)Oc1ccc(C(=O)N[C@H](C)c2ccccc2)cc1. The molecule has 1 N–H and O–H groups in total. The van der Waals surface area contributed by atoms with Crippen LogP contribution in [0.2, 0.25) is 0 Å². The molecule has 0 saturated heterocycles. The van der Waals surface area contributed by atoms with E-state index in [9.17, 15) is 9.59 Å². The van der Waals surface area contributed by atoms with Crippen molar-refractivity contribution in [1.82, 2.24) is 5.32 Å². The second-order valence-electron chi connectivity index (χ2n) is 4.96. The zero-order chi connectivity index (χ0) is 15.9. The fourth-order valence-corrected chi connectivity index (χ4v) is 1.98. The summed E-state index contributed by atoms with van der Waals surface area (Å²) in [5.74, 6) is -0.0147. The van der Waals surface area contributed by atoms with Crippen molar-refractivity contribution < 1.29 is 14.3 Å². The van der Waals surface area contributed by atoms with Gasteiger partial charge >= 0.3 is 5.97 Å². The lowest BCUT2D eigenvalue weighted by atomic mass is 10.1. The topological polar surface area (TPSA) is 55.4 Å². The summed E-state index contributed by atoms with van der Waals surface area (Å²) in [6.45, 7) is 3.67. The molecular weight excluding hydrogens is 278 g/mol. The number of carbonyl (C=O) groups is 2. The first-order chi connectivity index (χ1) is 10.6. The minimum Gasteiger partial charge on any atom is -0.427 e. The van der Waals surface area contributed by atoms with Crippen molar-refractivity contribution in [2.45, 2.75) is 26.3 Å². The van der Waals surface area contributed by atoms with Crippen molar-refractivity contribution in [2.75, 3.05) is 0 Å². The first-order valence-electron chi connectivity index (χ1n) is 7.26. The second-order valence-corrected chi connectivity index (χ2v) is 4.96. The quantitative estimate of drug-likeness (QED) is 0.679. The first-order valence-corrected chi connectivity index (χ1v) is 7.26. The van der Waals surface area contributed by atoms with Crippen LogP contribution in [-0.2, 0) is 4.79 Å². The average molecular weight is 297 g/mol. The third-order valence-electron chi connectivity index (χ3n) is 3.28. The van der Waals surface area contributed by atoms with Gasteiger partial charge in [-0.3, -0.25) is 9.59 Å². The van der Waals surface area contributed by atoms with Crippen molar-refractivity contribution >= 4 is 11.9 Å². The maximum atomic E-state index is 12.2. The van der Waals surface area contributed by atoms with E-state index < -0.39 is 0 Å². The average Bonchev–Trinajstić information content (AvgIpc) is 2.56. The maximum absolute atomic E-state index is 12.2. The molecule has 0 fully saturated rings. The van der Waals surface area contributed by atoms with Gasteiger partial charge in [0.25, 0.3) is 5.91 Å². The molecule has 22 heavy (non-hydrogen) atoms. The summed E-state index contributed by atoms with van der Waals surface area (Å²) in [7, 11) is 0. The Kier molecular flexibility index (Phi) is 5.31. The molecule has 0 unspecified atom stereocenters. The third-order valence-corrected chi connectivity index (χ3v) is 3.28. The molecule has 0 aliphatic rings. The van der Waals surface area contributed by atoms with Crippen molar-refractivity contribution in [3.63, 3.8) is 0 Å². The van der Waals surface area contributed by atoms with Gasteiger partial charge in [-0.15, -0.1) is 0 Å². The van der Waals surface area contributed by atoms with Crippen molar-refractivity contribution in [1.29, 1.82) is 0 Å². The highest BCUT2D eigenvalue weighted by molar-refractivity contribution is 5.94. The summed E-state index contributed by atoms with van der Waals surface area (Å²) >= 11 is 0. The Labute approximate surface area is 130 Å². The van der Waals surface area contributed by atoms with E-state index in [1.807, 2.05) is 37.3 Å². The van der Waals surface area contributed by atoms with E-state index in [2.05, 4.69) is 5.32 Å². The molecule has 1 amide bonds. The summed E-state index contributed by atoms with van der Waals surface area (Å²) in [6, 6.07) is 16.2. The van der Waals surface area contributed by atoms with Crippen LogP contribution in [0.25, 0.3) is 0 Å². The van der Waals surface area contributed by atoms with E-state index in [1.165, 1.54) is 0 Å². The smallest absolute Gasteiger partial charge is 0.310 e. The number of rotatable bonds is 5. The minimum absolute atomic E-state index is 0.0775. The standard InChI is InChI=1S/C18H19NO3/c1-3-17(20)22-16-11-9-15(10-12-16)18(21)19-13(2)14-7-5-4-6-8-14/h4-13H,3H2,1-2H3,(H,19,21)/t13-/m1/s1. The molecule has 0 aliphatic heterocycles. The molecule has 4 nitrogen and oxygen atoms in total. The largest absolute Gasteiger partial charge is 0.427 e. The van der Waals surface area contributed by atoms with Crippen LogP contribution in [0, 0.1) is 0 Å². The fraction of sp³-hybridized carbons (Fsp3) is 0.222.